The molecule has 1 aromatic carbocycles. The van der Waals surface area contributed by atoms with Crippen molar-refractivity contribution in [2.45, 2.75) is 20.0 Å². The van der Waals surface area contributed by atoms with E-state index in [4.69, 9.17) is 9.84 Å². The van der Waals surface area contributed by atoms with E-state index in [1.807, 2.05) is 24.3 Å². The highest BCUT2D eigenvalue weighted by molar-refractivity contribution is 7.13. The maximum absolute atomic E-state index is 8.87. The van der Waals surface area contributed by atoms with Gasteiger partial charge in [0.1, 0.15) is 10.8 Å². The highest BCUT2D eigenvalue weighted by atomic mass is 32.1. The zero-order chi connectivity index (χ0) is 11.4. The van der Waals surface area contributed by atoms with Crippen LogP contribution in [0.1, 0.15) is 17.5 Å². The molecule has 0 saturated carbocycles. The van der Waals surface area contributed by atoms with Crippen molar-refractivity contribution in [2.75, 3.05) is 0 Å². The Morgan fingerprint density at radius 1 is 1.31 bits per heavy atom. The van der Waals surface area contributed by atoms with Gasteiger partial charge < -0.3 is 9.84 Å². The van der Waals surface area contributed by atoms with Crippen molar-refractivity contribution in [3.8, 4) is 10.9 Å². The van der Waals surface area contributed by atoms with Gasteiger partial charge in [0.25, 0.3) is 5.19 Å². The van der Waals surface area contributed by atoms with Gasteiger partial charge in [0.2, 0.25) is 0 Å². The van der Waals surface area contributed by atoms with E-state index in [9.17, 15) is 0 Å². The molecular formula is C11H12N2O2S. The molecule has 2 aromatic rings. The van der Waals surface area contributed by atoms with Crippen LogP contribution in [-0.2, 0) is 13.0 Å². The van der Waals surface area contributed by atoms with Crippen LogP contribution >= 0.6 is 11.3 Å². The molecule has 0 radical (unpaired) electrons. The molecule has 0 bridgehead atoms. The summed E-state index contributed by atoms with van der Waals surface area (Å²) in [6.45, 7) is 1.97. The maximum atomic E-state index is 8.87. The Labute approximate surface area is 97.5 Å². The molecule has 0 fully saturated rings. The van der Waals surface area contributed by atoms with Crippen LogP contribution in [0.15, 0.2) is 24.3 Å². The molecule has 0 aliphatic heterocycles. The first kappa shape index (κ1) is 11.0. The molecule has 0 amide bonds. The third-order valence-corrected chi connectivity index (χ3v) is 2.92. The largest absolute Gasteiger partial charge is 0.430 e. The summed E-state index contributed by atoms with van der Waals surface area (Å²) in [6, 6.07) is 7.82. The molecule has 1 N–H and O–H groups in total. The molecule has 0 spiro atoms. The van der Waals surface area contributed by atoms with Crippen LogP contribution in [0.2, 0.25) is 0 Å². The number of ether oxygens (including phenoxy) is 1. The summed E-state index contributed by atoms with van der Waals surface area (Å²) in [5.41, 5.74) is 1.13. The summed E-state index contributed by atoms with van der Waals surface area (Å²) < 4.78 is 5.62. The molecule has 4 nitrogen and oxygen atoms in total. The molecule has 5 heteroatoms. The fraction of sp³-hybridized carbons (Fsp3) is 0.273. The van der Waals surface area contributed by atoms with E-state index >= 15 is 0 Å². The van der Waals surface area contributed by atoms with E-state index in [2.05, 4.69) is 17.1 Å². The van der Waals surface area contributed by atoms with E-state index in [0.29, 0.717) is 10.2 Å². The monoisotopic (exact) mass is 236 g/mol. The molecular weight excluding hydrogens is 224 g/mol. The number of aromatic nitrogens is 2. The molecule has 1 heterocycles. The minimum absolute atomic E-state index is 0.101. The van der Waals surface area contributed by atoms with E-state index in [1.165, 1.54) is 11.3 Å². The Morgan fingerprint density at radius 3 is 2.81 bits per heavy atom. The summed E-state index contributed by atoms with van der Waals surface area (Å²) in [6.07, 6.45) is 0.905. The summed E-state index contributed by atoms with van der Waals surface area (Å²) >= 11 is 1.25. The van der Waals surface area contributed by atoms with Crippen molar-refractivity contribution in [3.63, 3.8) is 0 Å². The van der Waals surface area contributed by atoms with Crippen molar-refractivity contribution in [1.29, 1.82) is 0 Å². The molecule has 0 saturated heterocycles. The average molecular weight is 236 g/mol. The predicted molar refractivity (Wildman–Crippen MR) is 61.7 cm³/mol. The first-order valence-electron chi connectivity index (χ1n) is 5.02. The van der Waals surface area contributed by atoms with Gasteiger partial charge in [-0.05, 0) is 18.1 Å². The smallest absolute Gasteiger partial charge is 0.299 e. The lowest BCUT2D eigenvalue weighted by atomic mass is 10.1. The first-order chi connectivity index (χ1) is 7.83. The Kier molecular flexibility index (Phi) is 3.48. The van der Waals surface area contributed by atoms with Gasteiger partial charge in [-0.1, -0.05) is 41.6 Å². The minimum Gasteiger partial charge on any atom is -0.430 e. The van der Waals surface area contributed by atoms with Crippen LogP contribution in [0, 0.1) is 0 Å². The molecule has 0 unspecified atom stereocenters. The minimum atomic E-state index is -0.101. The van der Waals surface area contributed by atoms with Crippen LogP contribution in [0.25, 0.3) is 0 Å². The Morgan fingerprint density at radius 2 is 2.12 bits per heavy atom. The van der Waals surface area contributed by atoms with Crippen molar-refractivity contribution < 1.29 is 9.84 Å². The lowest BCUT2D eigenvalue weighted by molar-refractivity contribution is 0.280. The molecule has 1 aromatic heterocycles. The Hall–Kier alpha value is -1.46. The zero-order valence-electron chi connectivity index (χ0n) is 8.88. The number of aryl methyl sites for hydroxylation is 1. The van der Waals surface area contributed by atoms with Gasteiger partial charge in [-0.15, -0.1) is 5.10 Å². The molecule has 2 rings (SSSR count). The second kappa shape index (κ2) is 5.05. The van der Waals surface area contributed by atoms with Gasteiger partial charge in [0.05, 0.1) is 6.61 Å². The van der Waals surface area contributed by atoms with Crippen LogP contribution < -0.4 is 4.74 Å². The Bertz CT molecular complexity index is 471. The van der Waals surface area contributed by atoms with Crippen LogP contribution in [0.5, 0.6) is 10.9 Å². The van der Waals surface area contributed by atoms with Crippen molar-refractivity contribution in [1.82, 2.24) is 10.2 Å². The van der Waals surface area contributed by atoms with Crippen molar-refractivity contribution in [2.24, 2.45) is 0 Å². The van der Waals surface area contributed by atoms with Crippen LogP contribution in [-0.4, -0.2) is 15.3 Å². The fourth-order valence-electron chi connectivity index (χ4n) is 1.33. The lowest BCUT2D eigenvalue weighted by Crippen LogP contribution is -1.89. The standard InChI is InChI=1S/C11H12N2O2S/c1-2-8-5-3-4-6-9(8)15-11-13-12-10(7-14)16-11/h3-6,14H,2,7H2,1H3. The van der Waals surface area contributed by atoms with Gasteiger partial charge in [0.15, 0.2) is 0 Å². The summed E-state index contributed by atoms with van der Waals surface area (Å²) in [5.74, 6) is 0.797. The van der Waals surface area contributed by atoms with Gasteiger partial charge in [-0.25, -0.2) is 0 Å². The van der Waals surface area contributed by atoms with E-state index in [0.717, 1.165) is 17.7 Å². The molecule has 16 heavy (non-hydrogen) atoms. The molecule has 0 aliphatic carbocycles. The number of benzene rings is 1. The van der Waals surface area contributed by atoms with E-state index < -0.39 is 0 Å². The van der Waals surface area contributed by atoms with Gasteiger partial charge in [-0.2, -0.15) is 0 Å². The van der Waals surface area contributed by atoms with Crippen LogP contribution in [0.3, 0.4) is 0 Å². The van der Waals surface area contributed by atoms with Gasteiger partial charge >= 0.3 is 0 Å². The number of para-hydroxylation sites is 1. The highest BCUT2D eigenvalue weighted by Crippen LogP contribution is 2.27. The highest BCUT2D eigenvalue weighted by Gasteiger charge is 2.07. The molecule has 0 aliphatic rings. The van der Waals surface area contributed by atoms with E-state index in [-0.39, 0.29) is 6.61 Å². The number of rotatable bonds is 4. The normalized spacial score (nSPS) is 10.4. The summed E-state index contributed by atoms with van der Waals surface area (Å²) in [5, 5.41) is 17.5. The second-order valence-electron chi connectivity index (χ2n) is 3.18. The molecule has 84 valence electrons. The first-order valence-corrected chi connectivity index (χ1v) is 5.84. The van der Waals surface area contributed by atoms with Gasteiger partial charge in [0, 0.05) is 0 Å². The molecule has 0 atom stereocenters. The van der Waals surface area contributed by atoms with Gasteiger partial charge in [-0.3, -0.25) is 0 Å². The third kappa shape index (κ3) is 2.37. The summed E-state index contributed by atoms with van der Waals surface area (Å²) in [7, 11) is 0. The zero-order valence-corrected chi connectivity index (χ0v) is 9.70. The second-order valence-corrected chi connectivity index (χ2v) is 4.21. The average Bonchev–Trinajstić information content (AvgIpc) is 2.77. The number of aliphatic hydroxyl groups is 1. The number of hydrogen-bond acceptors (Lipinski definition) is 5. The fourth-order valence-corrected chi connectivity index (χ4v) is 1.89. The predicted octanol–water partition coefficient (Wildman–Crippen LogP) is 2.39. The quantitative estimate of drug-likeness (QED) is 0.885. The number of hydrogen-bond donors (Lipinski definition) is 1. The Balaban J connectivity index is 2.19. The summed E-state index contributed by atoms with van der Waals surface area (Å²) in [4.78, 5) is 0. The van der Waals surface area contributed by atoms with Crippen molar-refractivity contribution >= 4 is 11.3 Å². The van der Waals surface area contributed by atoms with Crippen molar-refractivity contribution in [3.05, 3.63) is 34.8 Å². The number of nitrogens with zero attached hydrogens (tertiary/aromatic N) is 2. The number of aliphatic hydroxyl groups excluding tert-OH is 1. The van der Waals surface area contributed by atoms with Crippen LogP contribution in [0.4, 0.5) is 0 Å². The maximum Gasteiger partial charge on any atom is 0.299 e. The lowest BCUT2D eigenvalue weighted by Gasteiger charge is -2.05. The topological polar surface area (TPSA) is 55.2 Å². The SMILES string of the molecule is CCc1ccccc1Oc1nnc(CO)s1. The van der Waals surface area contributed by atoms with E-state index in [1.54, 1.807) is 0 Å². The third-order valence-electron chi connectivity index (χ3n) is 2.13.